The van der Waals surface area contributed by atoms with Crippen LogP contribution in [0.25, 0.3) is 60.5 Å². The third-order valence-corrected chi connectivity index (χ3v) is 15.7. The lowest BCUT2D eigenvalue weighted by Crippen LogP contribution is -2.36. The molecule has 2 nitrogen and oxygen atoms in total. The molecular formula is C70H50N2. The van der Waals surface area contributed by atoms with Gasteiger partial charge in [0, 0.05) is 28.7 Å². The molecule has 2 aliphatic carbocycles. The zero-order valence-corrected chi connectivity index (χ0v) is 40.1. The van der Waals surface area contributed by atoms with Gasteiger partial charge < -0.3 is 9.80 Å². The normalized spacial score (nSPS) is 15.1. The maximum absolute atomic E-state index is 2.50. The van der Waals surface area contributed by atoms with Crippen molar-refractivity contribution in [2.24, 2.45) is 5.92 Å². The highest BCUT2D eigenvalue weighted by Gasteiger charge is 2.51. The van der Waals surface area contributed by atoms with Gasteiger partial charge in [0.1, 0.15) is 0 Å². The molecule has 1 heterocycles. The Hall–Kier alpha value is -8.98. The number of hydrogen-bond acceptors (Lipinski definition) is 2. The van der Waals surface area contributed by atoms with Crippen LogP contribution in [0.3, 0.4) is 0 Å². The second-order valence-electron chi connectivity index (χ2n) is 19.7. The van der Waals surface area contributed by atoms with Gasteiger partial charge in [0.25, 0.3) is 0 Å². The van der Waals surface area contributed by atoms with E-state index in [1.54, 1.807) is 0 Å². The Labute approximate surface area is 421 Å². The molecule has 0 radical (unpaired) electrons. The van der Waals surface area contributed by atoms with Gasteiger partial charge in [-0.25, -0.2) is 0 Å². The molecule has 2 heteroatoms. The van der Waals surface area contributed by atoms with E-state index in [-0.39, 0.29) is 0 Å². The topological polar surface area (TPSA) is 6.48 Å². The quantitative estimate of drug-likeness (QED) is 0.147. The highest BCUT2D eigenvalue weighted by Crippen LogP contribution is 2.63. The Morgan fingerprint density at radius 2 is 0.903 bits per heavy atom. The molecule has 1 spiro atoms. The van der Waals surface area contributed by atoms with Gasteiger partial charge in [-0.15, -0.1) is 0 Å². The summed E-state index contributed by atoms with van der Waals surface area (Å²) in [6.45, 7) is 2.37. The molecule has 0 fully saturated rings. The minimum Gasteiger partial charge on any atom is -0.314 e. The van der Waals surface area contributed by atoms with Crippen LogP contribution in [0.2, 0.25) is 0 Å². The largest absolute Gasteiger partial charge is 0.314 e. The Morgan fingerprint density at radius 1 is 0.389 bits per heavy atom. The van der Waals surface area contributed by atoms with Crippen molar-refractivity contribution in [3.8, 4) is 33.4 Å². The molecule has 1 atom stereocenters. The summed E-state index contributed by atoms with van der Waals surface area (Å²) < 4.78 is 0. The highest BCUT2D eigenvalue weighted by molar-refractivity contribution is 6.09. The summed E-state index contributed by atoms with van der Waals surface area (Å²) in [5.41, 5.74) is 22.0. The Bertz CT molecular complexity index is 3910. The molecule has 0 bridgehead atoms. The average molecular weight is 919 g/mol. The van der Waals surface area contributed by atoms with E-state index in [0.29, 0.717) is 5.92 Å². The van der Waals surface area contributed by atoms with Crippen molar-refractivity contribution in [2.75, 3.05) is 9.80 Å². The fourth-order valence-corrected chi connectivity index (χ4v) is 12.4. The fraction of sp³-hybridized carbons (Fsp3) is 0.0571. The van der Waals surface area contributed by atoms with Crippen molar-refractivity contribution in [3.63, 3.8) is 0 Å². The van der Waals surface area contributed by atoms with Crippen LogP contribution in [0.5, 0.6) is 0 Å². The highest BCUT2D eigenvalue weighted by atomic mass is 15.2. The lowest BCUT2D eigenvalue weighted by Gasteiger charge is -2.45. The van der Waals surface area contributed by atoms with Gasteiger partial charge in [-0.2, -0.15) is 0 Å². The van der Waals surface area contributed by atoms with E-state index in [9.17, 15) is 0 Å². The molecule has 0 aromatic heterocycles. The van der Waals surface area contributed by atoms with Crippen molar-refractivity contribution in [3.05, 3.63) is 300 Å². The molecule has 72 heavy (non-hydrogen) atoms. The minimum atomic E-state index is -0.505. The second kappa shape index (κ2) is 16.9. The van der Waals surface area contributed by atoms with Gasteiger partial charge in [0.15, 0.2) is 0 Å². The van der Waals surface area contributed by atoms with Crippen molar-refractivity contribution < 1.29 is 0 Å². The molecule has 0 saturated heterocycles. The molecule has 14 rings (SSSR count). The molecule has 11 aromatic carbocycles. The molecular weight excluding hydrogens is 869 g/mol. The van der Waals surface area contributed by atoms with Gasteiger partial charge in [-0.1, -0.05) is 207 Å². The van der Waals surface area contributed by atoms with Gasteiger partial charge in [0.2, 0.25) is 0 Å². The standard InChI is InChI=1S/C70H50N2/c1-47-43-51(49-19-7-3-8-20-49)35-42-67(47)71(57-36-31-50(32-37-57)48-17-5-2-6-18-48)58-38-41-60-55(45-58)30-29-54-44-52(33-39-59(54)60)53-34-40-62-61-23-11-12-24-63(61)70(66(62)46-53)64-25-13-15-27-68(64)72(56-21-9-4-10-22-56)69-28-16-14-26-65(69)70/h2-42,44-47H,43H2,1H3. The first-order chi connectivity index (χ1) is 35.6. The van der Waals surface area contributed by atoms with E-state index >= 15 is 0 Å². The van der Waals surface area contributed by atoms with Crippen LogP contribution in [0, 0.1) is 5.92 Å². The lowest BCUT2D eigenvalue weighted by molar-refractivity contribution is 0.680. The summed E-state index contributed by atoms with van der Waals surface area (Å²) in [5, 5.41) is 4.96. The summed E-state index contributed by atoms with van der Waals surface area (Å²) in [4.78, 5) is 4.93. The summed E-state index contributed by atoms with van der Waals surface area (Å²) in [5.74, 6) is 0.305. The van der Waals surface area contributed by atoms with Crippen molar-refractivity contribution >= 4 is 55.6 Å². The maximum Gasteiger partial charge on any atom is 0.0754 e. The Kier molecular flexibility index (Phi) is 9.82. The minimum absolute atomic E-state index is 0.305. The van der Waals surface area contributed by atoms with Crippen molar-refractivity contribution in [1.82, 2.24) is 0 Å². The summed E-state index contributed by atoms with van der Waals surface area (Å²) >= 11 is 0. The molecule has 340 valence electrons. The zero-order valence-electron chi connectivity index (χ0n) is 40.1. The first-order valence-electron chi connectivity index (χ1n) is 25.3. The lowest BCUT2D eigenvalue weighted by atomic mass is 9.64. The Balaban J connectivity index is 0.869. The molecule has 1 aliphatic heterocycles. The summed E-state index contributed by atoms with van der Waals surface area (Å²) in [6.07, 6.45) is 5.65. The average Bonchev–Trinajstić information content (AvgIpc) is 3.74. The number of rotatable bonds is 7. The van der Waals surface area contributed by atoms with Gasteiger partial charge >= 0.3 is 0 Å². The number of benzene rings is 11. The molecule has 0 N–H and O–H groups in total. The van der Waals surface area contributed by atoms with E-state index < -0.39 is 5.41 Å². The Morgan fingerprint density at radius 3 is 1.60 bits per heavy atom. The molecule has 1 unspecified atom stereocenters. The number of allylic oxidation sites excluding steroid dienone is 4. The number of fused-ring (bicyclic) bond motifs is 12. The first-order valence-corrected chi connectivity index (χ1v) is 25.3. The van der Waals surface area contributed by atoms with Crippen LogP contribution in [0.4, 0.5) is 28.4 Å². The number of anilines is 5. The van der Waals surface area contributed by atoms with Crippen LogP contribution < -0.4 is 9.80 Å². The molecule has 0 saturated carbocycles. The SMILES string of the molecule is CC1CC(c2ccccc2)=CC=C1N(c1ccc(-c2ccccc2)cc1)c1ccc2c(ccc3cc(-c4ccc5c(c4)C4(c6ccccc6-5)c5ccccc5N(c5ccccc5)c5ccccc54)ccc32)c1. The fourth-order valence-electron chi connectivity index (χ4n) is 12.4. The third-order valence-electron chi connectivity index (χ3n) is 15.7. The second-order valence-corrected chi connectivity index (χ2v) is 19.7. The van der Waals surface area contributed by atoms with E-state index in [0.717, 1.165) is 23.5 Å². The van der Waals surface area contributed by atoms with Crippen LogP contribution in [0.15, 0.2) is 273 Å². The van der Waals surface area contributed by atoms with Crippen LogP contribution >= 0.6 is 0 Å². The van der Waals surface area contributed by atoms with Gasteiger partial charge in [-0.05, 0) is 161 Å². The van der Waals surface area contributed by atoms with Gasteiger partial charge in [-0.3, -0.25) is 0 Å². The predicted molar refractivity (Wildman–Crippen MR) is 303 cm³/mol. The van der Waals surface area contributed by atoms with E-state index in [1.807, 2.05) is 0 Å². The van der Waals surface area contributed by atoms with Gasteiger partial charge in [0.05, 0.1) is 16.8 Å². The summed E-state index contributed by atoms with van der Waals surface area (Å²) in [7, 11) is 0. The predicted octanol–water partition coefficient (Wildman–Crippen LogP) is 18.6. The van der Waals surface area contributed by atoms with Crippen LogP contribution in [-0.2, 0) is 5.41 Å². The number of nitrogens with zero attached hydrogens (tertiary/aromatic N) is 2. The smallest absolute Gasteiger partial charge is 0.0754 e. The monoisotopic (exact) mass is 918 g/mol. The third kappa shape index (κ3) is 6.56. The van der Waals surface area contributed by atoms with E-state index in [2.05, 4.69) is 284 Å². The first kappa shape index (κ1) is 41.9. The van der Waals surface area contributed by atoms with Crippen LogP contribution in [0.1, 0.15) is 41.2 Å². The summed E-state index contributed by atoms with van der Waals surface area (Å²) in [6, 6.07) is 94.5. The van der Waals surface area contributed by atoms with E-state index in [4.69, 9.17) is 0 Å². The van der Waals surface area contributed by atoms with E-state index in [1.165, 1.54) is 105 Å². The van der Waals surface area contributed by atoms with Crippen molar-refractivity contribution in [2.45, 2.75) is 18.8 Å². The number of para-hydroxylation sites is 3. The molecule has 11 aromatic rings. The molecule has 0 amide bonds. The molecule has 3 aliphatic rings. The van der Waals surface area contributed by atoms with Crippen molar-refractivity contribution in [1.29, 1.82) is 0 Å². The maximum atomic E-state index is 2.50. The van der Waals surface area contributed by atoms with Crippen LogP contribution in [-0.4, -0.2) is 0 Å². The zero-order chi connectivity index (χ0) is 47.8. The number of hydrogen-bond donors (Lipinski definition) is 0.